The molecule has 1 aromatic heterocycles. The number of para-hydroxylation sites is 1. The van der Waals surface area contributed by atoms with Crippen LogP contribution in [-0.2, 0) is 6.54 Å². The molecule has 0 amide bonds. The zero-order valence-electron chi connectivity index (χ0n) is 14.6. The Bertz CT molecular complexity index is 844. The van der Waals surface area contributed by atoms with Crippen molar-refractivity contribution >= 4 is 21.6 Å². The average Bonchev–Trinajstić information content (AvgIpc) is 3.27. The van der Waals surface area contributed by atoms with E-state index in [4.69, 9.17) is 14.5 Å². The molecular weight excluding hydrogens is 332 g/mol. The number of nitrogens with zero attached hydrogens (tertiary/aromatic N) is 1. The molecule has 1 saturated heterocycles. The van der Waals surface area contributed by atoms with Crippen LogP contribution in [0, 0.1) is 0 Å². The SMILES string of the molecule is COc1ccc([C@H]2CCC[NH+]2Cc2nc3ccccc3s2)c(OC)c1. The second-order valence-corrected chi connectivity index (χ2v) is 7.58. The maximum Gasteiger partial charge on any atom is 0.148 e. The predicted octanol–water partition coefficient (Wildman–Crippen LogP) is 3.23. The third-order valence-corrected chi connectivity index (χ3v) is 6.05. The Morgan fingerprint density at radius 2 is 2.04 bits per heavy atom. The lowest BCUT2D eigenvalue weighted by Gasteiger charge is -2.22. The normalized spacial score (nSPS) is 20.1. The number of benzene rings is 2. The Kier molecular flexibility index (Phi) is 4.59. The number of hydrogen-bond donors (Lipinski definition) is 1. The number of fused-ring (bicyclic) bond motifs is 1. The number of methoxy groups -OCH3 is 2. The van der Waals surface area contributed by atoms with Crippen molar-refractivity contribution in [2.45, 2.75) is 25.4 Å². The van der Waals surface area contributed by atoms with Crippen molar-refractivity contribution in [3.63, 3.8) is 0 Å². The molecule has 2 atom stereocenters. The summed E-state index contributed by atoms with van der Waals surface area (Å²) >= 11 is 1.81. The predicted molar refractivity (Wildman–Crippen MR) is 101 cm³/mol. The molecule has 0 aliphatic carbocycles. The van der Waals surface area contributed by atoms with E-state index in [1.165, 1.54) is 34.7 Å². The molecule has 0 bridgehead atoms. The standard InChI is InChI=1S/C20H22N2O2S/c1-23-14-9-10-15(18(12-14)24-2)17-7-5-11-22(17)13-20-21-16-6-3-4-8-19(16)25-20/h3-4,6,8-10,12,17H,5,7,11,13H2,1-2H3/p+1/t17-/m1/s1. The van der Waals surface area contributed by atoms with Crippen LogP contribution >= 0.6 is 11.3 Å². The number of ether oxygens (including phenoxy) is 2. The highest BCUT2D eigenvalue weighted by molar-refractivity contribution is 7.18. The molecule has 1 unspecified atom stereocenters. The van der Waals surface area contributed by atoms with Crippen LogP contribution in [0.2, 0.25) is 0 Å². The average molecular weight is 355 g/mol. The lowest BCUT2D eigenvalue weighted by Crippen LogP contribution is -3.08. The highest BCUT2D eigenvalue weighted by Gasteiger charge is 2.33. The second-order valence-electron chi connectivity index (χ2n) is 6.46. The quantitative estimate of drug-likeness (QED) is 0.763. The van der Waals surface area contributed by atoms with Crippen LogP contribution in [-0.4, -0.2) is 25.7 Å². The summed E-state index contributed by atoms with van der Waals surface area (Å²) in [5.74, 6) is 1.76. The second kappa shape index (κ2) is 7.02. The van der Waals surface area contributed by atoms with Gasteiger partial charge < -0.3 is 14.4 Å². The molecule has 1 fully saturated rings. The van der Waals surface area contributed by atoms with E-state index in [2.05, 4.69) is 30.3 Å². The van der Waals surface area contributed by atoms with Crippen LogP contribution in [0.15, 0.2) is 42.5 Å². The maximum absolute atomic E-state index is 5.64. The number of rotatable bonds is 5. The Hall–Kier alpha value is -2.11. The smallest absolute Gasteiger partial charge is 0.148 e. The van der Waals surface area contributed by atoms with Gasteiger partial charge in [-0.2, -0.15) is 0 Å². The van der Waals surface area contributed by atoms with Crippen LogP contribution in [0.1, 0.15) is 29.5 Å². The minimum atomic E-state index is 0.452. The highest BCUT2D eigenvalue weighted by atomic mass is 32.1. The summed E-state index contributed by atoms with van der Waals surface area (Å²) in [5, 5.41) is 1.22. The molecule has 1 aliphatic rings. The first-order chi connectivity index (χ1) is 12.3. The number of nitrogens with one attached hydrogen (secondary N) is 1. The summed E-state index contributed by atoms with van der Waals surface area (Å²) in [6.07, 6.45) is 2.42. The fourth-order valence-electron chi connectivity index (χ4n) is 3.79. The minimum Gasteiger partial charge on any atom is -0.497 e. The fourth-order valence-corrected chi connectivity index (χ4v) is 4.81. The zero-order valence-corrected chi connectivity index (χ0v) is 15.4. The van der Waals surface area contributed by atoms with Gasteiger partial charge in [0, 0.05) is 18.9 Å². The number of hydrogen-bond acceptors (Lipinski definition) is 4. The van der Waals surface area contributed by atoms with E-state index in [1.54, 1.807) is 19.1 Å². The summed E-state index contributed by atoms with van der Waals surface area (Å²) in [7, 11) is 3.43. The summed E-state index contributed by atoms with van der Waals surface area (Å²) in [6.45, 7) is 2.15. The fraction of sp³-hybridized carbons (Fsp3) is 0.350. The zero-order chi connectivity index (χ0) is 17.2. The topological polar surface area (TPSA) is 35.8 Å². The summed E-state index contributed by atoms with van der Waals surface area (Å²) < 4.78 is 12.2. The summed E-state index contributed by atoms with van der Waals surface area (Å²) in [6, 6.07) is 15.0. The van der Waals surface area contributed by atoms with Gasteiger partial charge in [-0.05, 0) is 24.3 Å². The molecule has 1 aliphatic heterocycles. The lowest BCUT2D eigenvalue weighted by atomic mass is 10.0. The van der Waals surface area contributed by atoms with Gasteiger partial charge in [0.1, 0.15) is 29.1 Å². The number of aromatic nitrogens is 1. The van der Waals surface area contributed by atoms with E-state index in [-0.39, 0.29) is 0 Å². The van der Waals surface area contributed by atoms with Gasteiger partial charge in [-0.25, -0.2) is 4.98 Å². The van der Waals surface area contributed by atoms with Crippen molar-refractivity contribution in [3.8, 4) is 11.5 Å². The van der Waals surface area contributed by atoms with Crippen LogP contribution < -0.4 is 14.4 Å². The highest BCUT2D eigenvalue weighted by Crippen LogP contribution is 2.32. The van der Waals surface area contributed by atoms with Crippen LogP contribution in [0.4, 0.5) is 0 Å². The molecule has 25 heavy (non-hydrogen) atoms. The molecule has 2 aromatic carbocycles. The van der Waals surface area contributed by atoms with Crippen molar-refractivity contribution < 1.29 is 14.4 Å². The molecule has 0 saturated carbocycles. The molecule has 2 heterocycles. The molecular formula is C20H23N2O2S+. The van der Waals surface area contributed by atoms with Gasteiger partial charge in [0.05, 0.1) is 36.5 Å². The van der Waals surface area contributed by atoms with Gasteiger partial charge in [0.25, 0.3) is 0 Å². The maximum atomic E-state index is 5.64. The molecule has 1 N–H and O–H groups in total. The molecule has 5 heteroatoms. The molecule has 0 radical (unpaired) electrons. The summed E-state index contributed by atoms with van der Waals surface area (Å²) in [5.41, 5.74) is 2.39. The Labute approximate surface area is 152 Å². The first-order valence-corrected chi connectivity index (χ1v) is 9.51. The third-order valence-electron chi connectivity index (χ3n) is 5.02. The van der Waals surface area contributed by atoms with Crippen LogP contribution in [0.5, 0.6) is 11.5 Å². The number of thiazole rings is 1. The van der Waals surface area contributed by atoms with Crippen molar-refractivity contribution in [3.05, 3.63) is 53.0 Å². The van der Waals surface area contributed by atoms with Crippen molar-refractivity contribution in [1.29, 1.82) is 0 Å². The van der Waals surface area contributed by atoms with E-state index in [0.717, 1.165) is 23.6 Å². The molecule has 4 nitrogen and oxygen atoms in total. The van der Waals surface area contributed by atoms with Crippen molar-refractivity contribution in [1.82, 2.24) is 4.98 Å². The monoisotopic (exact) mass is 355 g/mol. The Morgan fingerprint density at radius 1 is 1.16 bits per heavy atom. The number of quaternary nitrogens is 1. The van der Waals surface area contributed by atoms with Gasteiger partial charge in [0.2, 0.25) is 0 Å². The molecule has 4 rings (SSSR count). The van der Waals surface area contributed by atoms with Gasteiger partial charge in [-0.3, -0.25) is 0 Å². The van der Waals surface area contributed by atoms with Crippen LogP contribution in [0.25, 0.3) is 10.2 Å². The van der Waals surface area contributed by atoms with E-state index < -0.39 is 0 Å². The minimum absolute atomic E-state index is 0.452. The van der Waals surface area contributed by atoms with Crippen molar-refractivity contribution in [2.75, 3.05) is 20.8 Å². The van der Waals surface area contributed by atoms with E-state index in [0.29, 0.717) is 6.04 Å². The largest absolute Gasteiger partial charge is 0.497 e. The molecule has 3 aromatic rings. The Morgan fingerprint density at radius 3 is 2.84 bits per heavy atom. The molecule has 0 spiro atoms. The number of likely N-dealkylation sites (tertiary alicyclic amines) is 1. The van der Waals surface area contributed by atoms with E-state index in [1.807, 2.05) is 23.5 Å². The van der Waals surface area contributed by atoms with Gasteiger partial charge in [0.15, 0.2) is 0 Å². The van der Waals surface area contributed by atoms with E-state index >= 15 is 0 Å². The van der Waals surface area contributed by atoms with E-state index in [9.17, 15) is 0 Å². The summed E-state index contributed by atoms with van der Waals surface area (Å²) in [4.78, 5) is 6.39. The van der Waals surface area contributed by atoms with Gasteiger partial charge >= 0.3 is 0 Å². The first kappa shape index (κ1) is 16.4. The first-order valence-electron chi connectivity index (χ1n) is 8.69. The Balaban J connectivity index is 1.60. The van der Waals surface area contributed by atoms with Gasteiger partial charge in [-0.1, -0.05) is 12.1 Å². The third kappa shape index (κ3) is 3.22. The molecule has 130 valence electrons. The van der Waals surface area contributed by atoms with Gasteiger partial charge in [-0.15, -0.1) is 11.3 Å². The van der Waals surface area contributed by atoms with Crippen LogP contribution in [0.3, 0.4) is 0 Å². The lowest BCUT2D eigenvalue weighted by molar-refractivity contribution is -0.932. The van der Waals surface area contributed by atoms with Crippen molar-refractivity contribution in [2.24, 2.45) is 0 Å².